The van der Waals surface area contributed by atoms with E-state index < -0.39 is 87.3 Å². The van der Waals surface area contributed by atoms with E-state index in [1.165, 1.54) is 44.9 Å². The van der Waals surface area contributed by atoms with Crippen molar-refractivity contribution in [3.63, 3.8) is 0 Å². The summed E-state index contributed by atoms with van der Waals surface area (Å²) in [5, 5.41) is 80.2. The lowest BCUT2D eigenvalue weighted by molar-refractivity contribution is -0.370. The summed E-state index contributed by atoms with van der Waals surface area (Å²) in [5.74, 6) is 0. The number of aliphatic hydroxyl groups excluding tert-OH is 8. The molecule has 14 heteroatoms. The van der Waals surface area contributed by atoms with Crippen LogP contribution in [0.15, 0.2) is 0 Å². The zero-order valence-electron chi connectivity index (χ0n) is 24.0. The van der Waals surface area contributed by atoms with Crippen LogP contribution < -0.4 is 0 Å². The van der Waals surface area contributed by atoms with E-state index in [0.29, 0.717) is 6.61 Å². The zero-order chi connectivity index (χ0) is 30.2. The molecular weight excluding hydrogens is 548 g/mol. The molecular formula is C27H52O14. The molecule has 0 amide bonds. The molecule has 8 N–H and O–H groups in total. The molecule has 0 aromatic carbocycles. The lowest BCUT2D eigenvalue weighted by Crippen LogP contribution is -2.65. The van der Waals surface area contributed by atoms with Gasteiger partial charge in [-0.15, -0.1) is 0 Å². The van der Waals surface area contributed by atoms with Gasteiger partial charge in [0.25, 0.3) is 0 Å². The van der Waals surface area contributed by atoms with Crippen LogP contribution in [-0.2, 0) is 28.7 Å². The van der Waals surface area contributed by atoms with Crippen molar-refractivity contribution in [1.82, 2.24) is 0 Å². The van der Waals surface area contributed by atoms with E-state index >= 15 is 0 Å². The SMILES string of the molecule is CCCCCCCCCCCCOOCC(CO)O[C@H]1O[C@H](CO)[C@@H](O[C@H]2O[C@H](CO)[C@@H](O)[C@H](O)[C@H]2O)[C@H](O)[C@H]1O. The first-order chi connectivity index (χ1) is 19.8. The summed E-state index contributed by atoms with van der Waals surface area (Å²) in [4.78, 5) is 10.3. The van der Waals surface area contributed by atoms with Gasteiger partial charge in [0.05, 0.1) is 26.4 Å². The smallest absolute Gasteiger partial charge is 0.187 e. The molecule has 0 aromatic heterocycles. The Labute approximate surface area is 241 Å². The molecule has 1 unspecified atom stereocenters. The Morgan fingerprint density at radius 3 is 1.76 bits per heavy atom. The molecule has 0 spiro atoms. The molecule has 0 saturated carbocycles. The standard InChI is InChI=1S/C27H52O14/c1-2-3-4-5-6-7-8-9-10-11-12-36-37-16-17(13-28)38-26-24(35)22(33)25(19(15-30)40-26)41-27-23(34)21(32)20(31)18(14-29)39-27/h17-35H,2-16H2,1H3/t17?,18-,19-,20-,21+,22-,23-,24-,25-,26+,27-/m1/s1. The molecule has 0 aromatic rings. The van der Waals surface area contributed by atoms with Crippen LogP contribution in [0, 0.1) is 0 Å². The normalized spacial score (nSPS) is 35.0. The molecule has 244 valence electrons. The van der Waals surface area contributed by atoms with Crippen molar-refractivity contribution >= 4 is 0 Å². The fourth-order valence-electron chi connectivity index (χ4n) is 4.82. The van der Waals surface area contributed by atoms with Crippen molar-refractivity contribution in [2.75, 3.05) is 33.0 Å². The van der Waals surface area contributed by atoms with Crippen LogP contribution in [0.3, 0.4) is 0 Å². The molecule has 2 aliphatic rings. The van der Waals surface area contributed by atoms with Gasteiger partial charge in [0.1, 0.15) is 61.5 Å². The number of aliphatic hydroxyl groups is 8. The fraction of sp³-hybridized carbons (Fsp3) is 1.00. The van der Waals surface area contributed by atoms with Crippen molar-refractivity contribution in [2.24, 2.45) is 0 Å². The Morgan fingerprint density at radius 2 is 1.17 bits per heavy atom. The Bertz CT molecular complexity index is 656. The average molecular weight is 601 g/mol. The first-order valence-corrected chi connectivity index (χ1v) is 14.9. The van der Waals surface area contributed by atoms with E-state index in [-0.39, 0.29) is 6.61 Å². The van der Waals surface area contributed by atoms with Crippen LogP contribution in [0.5, 0.6) is 0 Å². The summed E-state index contributed by atoms with van der Waals surface area (Å²) < 4.78 is 21.9. The summed E-state index contributed by atoms with van der Waals surface area (Å²) in [5.41, 5.74) is 0. The minimum atomic E-state index is -1.76. The summed E-state index contributed by atoms with van der Waals surface area (Å²) in [6.07, 6.45) is -4.74. The van der Waals surface area contributed by atoms with Crippen LogP contribution >= 0.6 is 0 Å². The van der Waals surface area contributed by atoms with Gasteiger partial charge < -0.3 is 59.8 Å². The van der Waals surface area contributed by atoms with Crippen molar-refractivity contribution in [3.8, 4) is 0 Å². The summed E-state index contributed by atoms with van der Waals surface area (Å²) in [6, 6.07) is 0. The number of ether oxygens (including phenoxy) is 4. The molecule has 2 fully saturated rings. The van der Waals surface area contributed by atoms with Crippen LogP contribution in [0.2, 0.25) is 0 Å². The van der Waals surface area contributed by atoms with Gasteiger partial charge in [-0.3, -0.25) is 0 Å². The average Bonchev–Trinajstić information content (AvgIpc) is 2.98. The van der Waals surface area contributed by atoms with E-state index in [1.807, 2.05) is 0 Å². The molecule has 2 aliphatic heterocycles. The Balaban J connectivity index is 1.72. The minimum absolute atomic E-state index is 0.189. The minimum Gasteiger partial charge on any atom is -0.394 e. The second-order valence-electron chi connectivity index (χ2n) is 10.7. The first kappa shape index (κ1) is 36.6. The predicted octanol–water partition coefficient (Wildman–Crippen LogP) is -1.14. The van der Waals surface area contributed by atoms with E-state index in [4.69, 9.17) is 28.7 Å². The number of hydrogen-bond acceptors (Lipinski definition) is 14. The molecule has 0 radical (unpaired) electrons. The van der Waals surface area contributed by atoms with Crippen molar-refractivity contribution in [1.29, 1.82) is 0 Å². The van der Waals surface area contributed by atoms with Gasteiger partial charge in [0.15, 0.2) is 12.6 Å². The van der Waals surface area contributed by atoms with Gasteiger partial charge in [-0.2, -0.15) is 0 Å². The van der Waals surface area contributed by atoms with Crippen molar-refractivity contribution in [2.45, 2.75) is 139 Å². The molecule has 2 rings (SSSR count). The zero-order valence-corrected chi connectivity index (χ0v) is 24.0. The number of hydrogen-bond donors (Lipinski definition) is 8. The van der Waals surface area contributed by atoms with Gasteiger partial charge in [0, 0.05) is 0 Å². The highest BCUT2D eigenvalue weighted by Crippen LogP contribution is 2.30. The van der Waals surface area contributed by atoms with Crippen molar-refractivity contribution < 1.29 is 69.6 Å². The fourth-order valence-corrected chi connectivity index (χ4v) is 4.82. The molecule has 14 nitrogen and oxygen atoms in total. The first-order valence-electron chi connectivity index (χ1n) is 14.9. The third-order valence-corrected chi connectivity index (χ3v) is 7.41. The topological polar surface area (TPSA) is 217 Å². The summed E-state index contributed by atoms with van der Waals surface area (Å²) in [6.45, 7) is 0.490. The van der Waals surface area contributed by atoms with E-state index in [1.54, 1.807) is 0 Å². The van der Waals surface area contributed by atoms with Gasteiger partial charge in [0.2, 0.25) is 0 Å². The number of unbranched alkanes of at least 4 members (excludes halogenated alkanes) is 9. The predicted molar refractivity (Wildman–Crippen MR) is 142 cm³/mol. The quantitative estimate of drug-likeness (QED) is 0.0444. The maximum absolute atomic E-state index is 10.7. The molecule has 41 heavy (non-hydrogen) atoms. The third kappa shape index (κ3) is 11.8. The van der Waals surface area contributed by atoms with E-state index in [2.05, 4.69) is 6.92 Å². The Hall–Kier alpha value is -0.560. The van der Waals surface area contributed by atoms with Gasteiger partial charge >= 0.3 is 0 Å². The van der Waals surface area contributed by atoms with E-state index in [9.17, 15) is 40.9 Å². The molecule has 2 heterocycles. The summed E-state index contributed by atoms with van der Waals surface area (Å²) in [7, 11) is 0. The monoisotopic (exact) mass is 600 g/mol. The molecule has 2 saturated heterocycles. The third-order valence-electron chi connectivity index (χ3n) is 7.41. The maximum Gasteiger partial charge on any atom is 0.187 e. The van der Waals surface area contributed by atoms with Crippen LogP contribution in [-0.4, -0.2) is 141 Å². The largest absolute Gasteiger partial charge is 0.394 e. The highest BCUT2D eigenvalue weighted by molar-refractivity contribution is 4.94. The van der Waals surface area contributed by atoms with Crippen LogP contribution in [0.25, 0.3) is 0 Å². The molecule has 11 atom stereocenters. The highest BCUT2D eigenvalue weighted by Gasteiger charge is 2.51. The highest BCUT2D eigenvalue weighted by atomic mass is 17.2. The molecule has 0 aliphatic carbocycles. The lowest BCUT2D eigenvalue weighted by atomic mass is 9.97. The second-order valence-corrected chi connectivity index (χ2v) is 10.7. The molecule has 0 bridgehead atoms. The maximum atomic E-state index is 10.7. The second kappa shape index (κ2) is 20.4. The van der Waals surface area contributed by atoms with E-state index in [0.717, 1.165) is 19.3 Å². The van der Waals surface area contributed by atoms with Crippen LogP contribution in [0.1, 0.15) is 71.1 Å². The lowest BCUT2D eigenvalue weighted by Gasteiger charge is -2.46. The van der Waals surface area contributed by atoms with Gasteiger partial charge in [-0.1, -0.05) is 64.7 Å². The van der Waals surface area contributed by atoms with Gasteiger partial charge in [-0.05, 0) is 6.42 Å². The Kier molecular flexibility index (Phi) is 18.2. The van der Waals surface area contributed by atoms with Crippen LogP contribution in [0.4, 0.5) is 0 Å². The van der Waals surface area contributed by atoms with Crippen molar-refractivity contribution in [3.05, 3.63) is 0 Å². The van der Waals surface area contributed by atoms with Gasteiger partial charge in [-0.25, -0.2) is 9.78 Å². The Morgan fingerprint density at radius 1 is 0.610 bits per heavy atom. The summed E-state index contributed by atoms with van der Waals surface area (Å²) >= 11 is 0. The number of rotatable bonds is 21.